The third kappa shape index (κ3) is 5.31. The average Bonchev–Trinajstić information content (AvgIpc) is 2.54. The zero-order chi connectivity index (χ0) is 16.7. The molecule has 0 aliphatic heterocycles. The fourth-order valence-electron chi connectivity index (χ4n) is 2.02. The molecule has 1 amide bonds. The van der Waals surface area contributed by atoms with Gasteiger partial charge in [-0.15, -0.1) is 0 Å². The van der Waals surface area contributed by atoms with Gasteiger partial charge in [-0.25, -0.2) is 0 Å². The van der Waals surface area contributed by atoms with Crippen LogP contribution in [0.5, 0.6) is 5.75 Å². The summed E-state index contributed by atoms with van der Waals surface area (Å²) in [4.78, 5) is 12.0. The molecule has 0 saturated heterocycles. The van der Waals surface area contributed by atoms with Crippen LogP contribution in [0.4, 0.5) is 5.69 Å². The standard InChI is InChI=1S/C18H17Cl2NO2/c1-2-12-23-14-8-6-13(7-9-14)21-18(22)11-10-15-16(19)4-3-5-17(15)20/h2-9H,1,10-12H2,(H,21,22). The summed E-state index contributed by atoms with van der Waals surface area (Å²) in [5.41, 5.74) is 1.50. The summed E-state index contributed by atoms with van der Waals surface area (Å²) in [6.07, 6.45) is 2.47. The Labute approximate surface area is 145 Å². The zero-order valence-electron chi connectivity index (χ0n) is 12.5. The molecule has 5 heteroatoms. The van der Waals surface area contributed by atoms with Crippen LogP contribution in [0.2, 0.25) is 10.0 Å². The van der Waals surface area contributed by atoms with Crippen molar-refractivity contribution in [3.8, 4) is 5.75 Å². The van der Waals surface area contributed by atoms with E-state index in [2.05, 4.69) is 11.9 Å². The lowest BCUT2D eigenvalue weighted by atomic mass is 10.1. The molecule has 120 valence electrons. The van der Waals surface area contributed by atoms with Gasteiger partial charge in [0.2, 0.25) is 5.91 Å². The number of ether oxygens (including phenoxy) is 1. The number of carbonyl (C=O) groups excluding carboxylic acids is 1. The first-order valence-corrected chi connectivity index (χ1v) is 7.92. The smallest absolute Gasteiger partial charge is 0.224 e. The molecule has 2 aromatic rings. The fraction of sp³-hybridized carbons (Fsp3) is 0.167. The second-order valence-electron chi connectivity index (χ2n) is 4.87. The van der Waals surface area contributed by atoms with Crippen molar-refractivity contribution in [2.75, 3.05) is 11.9 Å². The van der Waals surface area contributed by atoms with Gasteiger partial charge in [0.15, 0.2) is 0 Å². The molecule has 23 heavy (non-hydrogen) atoms. The number of anilines is 1. The van der Waals surface area contributed by atoms with Crippen molar-refractivity contribution >= 4 is 34.8 Å². The predicted molar refractivity (Wildman–Crippen MR) is 95.5 cm³/mol. The van der Waals surface area contributed by atoms with E-state index in [0.29, 0.717) is 35.2 Å². The summed E-state index contributed by atoms with van der Waals surface area (Å²) >= 11 is 12.2. The van der Waals surface area contributed by atoms with E-state index >= 15 is 0 Å². The maximum Gasteiger partial charge on any atom is 0.224 e. The molecule has 3 nitrogen and oxygen atoms in total. The van der Waals surface area contributed by atoms with E-state index in [4.69, 9.17) is 27.9 Å². The summed E-state index contributed by atoms with van der Waals surface area (Å²) in [6.45, 7) is 4.04. The Kier molecular flexibility index (Phi) is 6.51. The first-order chi connectivity index (χ1) is 11.1. The highest BCUT2D eigenvalue weighted by Gasteiger charge is 2.09. The van der Waals surface area contributed by atoms with Gasteiger partial charge in [0.25, 0.3) is 0 Å². The minimum Gasteiger partial charge on any atom is -0.490 e. The monoisotopic (exact) mass is 349 g/mol. The summed E-state index contributed by atoms with van der Waals surface area (Å²) in [5, 5.41) is 3.99. The maximum atomic E-state index is 12.0. The van der Waals surface area contributed by atoms with E-state index in [1.807, 2.05) is 0 Å². The highest BCUT2D eigenvalue weighted by molar-refractivity contribution is 6.36. The Hall–Kier alpha value is -1.97. The number of nitrogens with one attached hydrogen (secondary N) is 1. The summed E-state index contributed by atoms with van der Waals surface area (Å²) in [5.74, 6) is 0.631. The lowest BCUT2D eigenvalue weighted by Gasteiger charge is -2.09. The molecule has 0 aromatic heterocycles. The van der Waals surface area contributed by atoms with Gasteiger partial charge in [-0.1, -0.05) is 41.9 Å². The molecule has 0 spiro atoms. The Morgan fingerprint density at radius 1 is 1.13 bits per heavy atom. The van der Waals surface area contributed by atoms with E-state index in [0.717, 1.165) is 11.3 Å². The second kappa shape index (κ2) is 8.61. The number of benzene rings is 2. The van der Waals surface area contributed by atoms with Crippen LogP contribution in [0, 0.1) is 0 Å². The predicted octanol–water partition coefficient (Wildman–Crippen LogP) is 5.13. The van der Waals surface area contributed by atoms with Gasteiger partial charge >= 0.3 is 0 Å². The van der Waals surface area contributed by atoms with E-state index in [-0.39, 0.29) is 5.91 Å². The van der Waals surface area contributed by atoms with Gasteiger partial charge in [0, 0.05) is 22.2 Å². The van der Waals surface area contributed by atoms with Gasteiger partial charge in [0.1, 0.15) is 12.4 Å². The third-order valence-electron chi connectivity index (χ3n) is 3.17. The van der Waals surface area contributed by atoms with E-state index in [9.17, 15) is 4.79 Å². The second-order valence-corrected chi connectivity index (χ2v) is 5.69. The Morgan fingerprint density at radius 2 is 1.78 bits per heavy atom. The van der Waals surface area contributed by atoms with Crippen molar-refractivity contribution in [3.63, 3.8) is 0 Å². The van der Waals surface area contributed by atoms with Crippen molar-refractivity contribution in [3.05, 3.63) is 70.7 Å². The first kappa shape index (κ1) is 17.4. The largest absolute Gasteiger partial charge is 0.490 e. The molecule has 0 heterocycles. The number of halogens is 2. The molecule has 0 fully saturated rings. The Balaban J connectivity index is 1.88. The molecule has 2 rings (SSSR count). The van der Waals surface area contributed by atoms with Crippen LogP contribution in [0.25, 0.3) is 0 Å². The van der Waals surface area contributed by atoms with Crippen molar-refractivity contribution in [1.82, 2.24) is 0 Å². The van der Waals surface area contributed by atoms with Crippen LogP contribution in [0.3, 0.4) is 0 Å². The van der Waals surface area contributed by atoms with Crippen LogP contribution in [0.15, 0.2) is 55.1 Å². The highest BCUT2D eigenvalue weighted by Crippen LogP contribution is 2.25. The lowest BCUT2D eigenvalue weighted by Crippen LogP contribution is -2.12. The summed E-state index contributed by atoms with van der Waals surface area (Å²) in [6, 6.07) is 12.5. The number of hydrogen-bond acceptors (Lipinski definition) is 2. The van der Waals surface area contributed by atoms with Crippen molar-refractivity contribution in [1.29, 1.82) is 0 Å². The van der Waals surface area contributed by atoms with Gasteiger partial charge in [-0.3, -0.25) is 4.79 Å². The number of rotatable bonds is 7. The fourth-order valence-corrected chi connectivity index (χ4v) is 2.61. The number of hydrogen-bond donors (Lipinski definition) is 1. The minimum absolute atomic E-state index is 0.0965. The number of carbonyl (C=O) groups is 1. The van der Waals surface area contributed by atoms with E-state index in [1.54, 1.807) is 48.5 Å². The van der Waals surface area contributed by atoms with E-state index in [1.165, 1.54) is 0 Å². The maximum absolute atomic E-state index is 12.0. The molecular weight excluding hydrogens is 333 g/mol. The number of amides is 1. The third-order valence-corrected chi connectivity index (χ3v) is 3.88. The highest BCUT2D eigenvalue weighted by atomic mass is 35.5. The van der Waals surface area contributed by atoms with Crippen LogP contribution in [-0.2, 0) is 11.2 Å². The zero-order valence-corrected chi connectivity index (χ0v) is 14.0. The van der Waals surface area contributed by atoms with Gasteiger partial charge in [-0.05, 0) is 48.4 Å². The normalized spacial score (nSPS) is 10.2. The van der Waals surface area contributed by atoms with Gasteiger partial charge in [0.05, 0.1) is 0 Å². The van der Waals surface area contributed by atoms with Crippen molar-refractivity contribution < 1.29 is 9.53 Å². The SMILES string of the molecule is C=CCOc1ccc(NC(=O)CCc2c(Cl)cccc2Cl)cc1. The minimum atomic E-state index is -0.0965. The molecule has 0 saturated carbocycles. The molecule has 0 unspecified atom stereocenters. The lowest BCUT2D eigenvalue weighted by molar-refractivity contribution is -0.116. The van der Waals surface area contributed by atoms with E-state index < -0.39 is 0 Å². The van der Waals surface area contributed by atoms with Crippen LogP contribution < -0.4 is 10.1 Å². The topological polar surface area (TPSA) is 38.3 Å². The molecule has 1 N–H and O–H groups in total. The van der Waals surface area contributed by atoms with Crippen LogP contribution in [0.1, 0.15) is 12.0 Å². The molecular formula is C18H17Cl2NO2. The van der Waals surface area contributed by atoms with Crippen LogP contribution >= 0.6 is 23.2 Å². The molecule has 0 atom stereocenters. The van der Waals surface area contributed by atoms with Gasteiger partial charge < -0.3 is 10.1 Å². The first-order valence-electron chi connectivity index (χ1n) is 7.16. The Bertz CT molecular complexity index is 664. The molecule has 0 radical (unpaired) electrons. The summed E-state index contributed by atoms with van der Waals surface area (Å²) in [7, 11) is 0. The summed E-state index contributed by atoms with van der Waals surface area (Å²) < 4.78 is 5.39. The molecule has 0 bridgehead atoms. The molecule has 0 aliphatic rings. The molecule has 2 aromatic carbocycles. The van der Waals surface area contributed by atoms with Crippen molar-refractivity contribution in [2.24, 2.45) is 0 Å². The average molecular weight is 350 g/mol. The van der Waals surface area contributed by atoms with Gasteiger partial charge in [-0.2, -0.15) is 0 Å². The quantitative estimate of drug-likeness (QED) is 0.703. The molecule has 0 aliphatic carbocycles. The van der Waals surface area contributed by atoms with Crippen LogP contribution in [-0.4, -0.2) is 12.5 Å². The van der Waals surface area contributed by atoms with Crippen molar-refractivity contribution in [2.45, 2.75) is 12.8 Å². The Morgan fingerprint density at radius 3 is 2.39 bits per heavy atom.